The fourth-order valence-corrected chi connectivity index (χ4v) is 2.63. The molecule has 0 aromatic carbocycles. The zero-order valence-electron chi connectivity index (χ0n) is 11.1. The van der Waals surface area contributed by atoms with Crippen LogP contribution in [0.5, 0.6) is 0 Å². The number of nitrogens with zero attached hydrogens (tertiary/aromatic N) is 2. The average molecular weight is 271 g/mol. The molecule has 1 saturated carbocycles. The first-order chi connectivity index (χ1) is 8.49. The zero-order valence-corrected chi connectivity index (χ0v) is 11.8. The molecule has 0 spiro atoms. The molecule has 0 radical (unpaired) electrons. The van der Waals surface area contributed by atoms with Crippen LogP contribution < -0.4 is 0 Å². The van der Waals surface area contributed by atoms with E-state index in [0.29, 0.717) is 17.1 Å². The Labute approximate surface area is 112 Å². The molecule has 100 valence electrons. The number of carbonyl (C=O) groups is 1. The molecule has 0 aliphatic heterocycles. The first kappa shape index (κ1) is 13.6. The van der Waals surface area contributed by atoms with Crippen LogP contribution in [-0.4, -0.2) is 28.3 Å². The average Bonchev–Trinajstić information content (AvgIpc) is 2.65. The highest BCUT2D eigenvalue weighted by Crippen LogP contribution is 2.39. The molecule has 5 heteroatoms. The Morgan fingerprint density at radius 1 is 1.61 bits per heavy atom. The molecule has 0 atom stereocenters. The van der Waals surface area contributed by atoms with E-state index in [4.69, 9.17) is 16.3 Å². The van der Waals surface area contributed by atoms with Crippen molar-refractivity contribution >= 4 is 17.4 Å². The second kappa shape index (κ2) is 5.02. The summed E-state index contributed by atoms with van der Waals surface area (Å²) in [6, 6.07) is 0.122. The molecule has 0 N–H and O–H groups in total. The third kappa shape index (κ3) is 2.31. The largest absolute Gasteiger partial charge is 0.378 e. The second-order valence-electron chi connectivity index (χ2n) is 5.22. The minimum absolute atomic E-state index is 0.0211. The summed E-state index contributed by atoms with van der Waals surface area (Å²) < 4.78 is 7.18. The van der Waals surface area contributed by atoms with Crippen molar-refractivity contribution in [1.29, 1.82) is 0 Å². The van der Waals surface area contributed by atoms with Gasteiger partial charge in [-0.3, -0.25) is 9.48 Å². The number of carbonyl (C=O) groups excluding carboxylic acids is 1. The molecular weight excluding hydrogens is 252 g/mol. The molecule has 0 unspecified atom stereocenters. The highest BCUT2D eigenvalue weighted by Gasteiger charge is 2.40. The van der Waals surface area contributed by atoms with Gasteiger partial charge in [-0.15, -0.1) is 0 Å². The SMILES string of the molecule is COC1(CC(=O)c2c(Cl)cnn2C(C)C)CCC1. The number of hydrogen-bond acceptors (Lipinski definition) is 3. The van der Waals surface area contributed by atoms with Crippen LogP contribution in [0.15, 0.2) is 6.20 Å². The van der Waals surface area contributed by atoms with Crippen LogP contribution in [0.1, 0.15) is 56.1 Å². The van der Waals surface area contributed by atoms with Crippen molar-refractivity contribution in [2.24, 2.45) is 0 Å². The molecule has 1 aliphatic rings. The van der Waals surface area contributed by atoms with Gasteiger partial charge in [0.1, 0.15) is 5.69 Å². The van der Waals surface area contributed by atoms with E-state index in [1.165, 1.54) is 6.20 Å². The molecule has 18 heavy (non-hydrogen) atoms. The van der Waals surface area contributed by atoms with Crippen molar-refractivity contribution in [1.82, 2.24) is 9.78 Å². The molecule has 1 aliphatic carbocycles. The third-order valence-electron chi connectivity index (χ3n) is 3.68. The van der Waals surface area contributed by atoms with Gasteiger partial charge in [0.05, 0.1) is 16.8 Å². The molecule has 2 rings (SSSR count). The Balaban J connectivity index is 2.21. The predicted octanol–water partition coefficient (Wildman–Crippen LogP) is 3.26. The van der Waals surface area contributed by atoms with E-state index in [9.17, 15) is 4.79 Å². The quantitative estimate of drug-likeness (QED) is 0.772. The normalized spacial score (nSPS) is 17.8. The zero-order chi connectivity index (χ0) is 13.3. The molecular formula is C13H19ClN2O2. The first-order valence-corrected chi connectivity index (χ1v) is 6.68. The maximum absolute atomic E-state index is 12.4. The Morgan fingerprint density at radius 2 is 2.28 bits per heavy atom. The highest BCUT2D eigenvalue weighted by atomic mass is 35.5. The number of aromatic nitrogens is 2. The second-order valence-corrected chi connectivity index (χ2v) is 5.63. The van der Waals surface area contributed by atoms with Gasteiger partial charge in [-0.2, -0.15) is 5.10 Å². The number of hydrogen-bond donors (Lipinski definition) is 0. The van der Waals surface area contributed by atoms with Crippen LogP contribution in [0.25, 0.3) is 0 Å². The summed E-state index contributed by atoms with van der Waals surface area (Å²) in [5.41, 5.74) is 0.238. The van der Waals surface area contributed by atoms with Crippen LogP contribution in [-0.2, 0) is 4.74 Å². The van der Waals surface area contributed by atoms with Gasteiger partial charge in [0.2, 0.25) is 0 Å². The Morgan fingerprint density at radius 3 is 2.72 bits per heavy atom. The molecule has 1 heterocycles. The summed E-state index contributed by atoms with van der Waals surface area (Å²) in [6.07, 6.45) is 4.94. The van der Waals surface area contributed by atoms with Crippen molar-refractivity contribution < 1.29 is 9.53 Å². The molecule has 4 nitrogen and oxygen atoms in total. The van der Waals surface area contributed by atoms with E-state index in [2.05, 4.69) is 5.10 Å². The number of Topliss-reactive ketones (excluding diaryl/α,β-unsaturated/α-hetero) is 1. The number of rotatable bonds is 5. The fourth-order valence-electron chi connectivity index (χ4n) is 2.39. The van der Waals surface area contributed by atoms with Crippen molar-refractivity contribution in [2.45, 2.75) is 51.2 Å². The van der Waals surface area contributed by atoms with Gasteiger partial charge < -0.3 is 4.74 Å². The van der Waals surface area contributed by atoms with E-state index < -0.39 is 0 Å². The molecule has 1 fully saturated rings. The molecule has 0 amide bonds. The Hall–Kier alpha value is -0.870. The van der Waals surface area contributed by atoms with Crippen LogP contribution in [0.3, 0.4) is 0 Å². The Bertz CT molecular complexity index is 444. The predicted molar refractivity (Wildman–Crippen MR) is 70.2 cm³/mol. The standard InChI is InChI=1S/C13H19ClN2O2/c1-9(2)16-12(10(14)8-15-16)11(17)7-13(18-3)5-4-6-13/h8-9H,4-7H2,1-3H3. The number of ether oxygens (including phenoxy) is 1. The summed E-state index contributed by atoms with van der Waals surface area (Å²) in [7, 11) is 1.67. The van der Waals surface area contributed by atoms with Gasteiger partial charge in [-0.25, -0.2) is 0 Å². The maximum atomic E-state index is 12.4. The monoisotopic (exact) mass is 270 g/mol. The number of ketones is 1. The van der Waals surface area contributed by atoms with E-state index >= 15 is 0 Å². The minimum atomic E-state index is -0.271. The van der Waals surface area contributed by atoms with E-state index in [-0.39, 0.29) is 17.4 Å². The molecule has 0 saturated heterocycles. The molecule has 0 bridgehead atoms. The molecule has 1 aromatic heterocycles. The van der Waals surface area contributed by atoms with Crippen molar-refractivity contribution in [3.05, 3.63) is 16.9 Å². The van der Waals surface area contributed by atoms with E-state index in [0.717, 1.165) is 19.3 Å². The topological polar surface area (TPSA) is 44.1 Å². The van der Waals surface area contributed by atoms with Gasteiger partial charge in [0.25, 0.3) is 0 Å². The number of halogens is 1. The van der Waals surface area contributed by atoms with Crippen LogP contribution in [0, 0.1) is 0 Å². The number of methoxy groups -OCH3 is 1. The lowest BCUT2D eigenvalue weighted by molar-refractivity contribution is -0.0706. The summed E-state index contributed by atoms with van der Waals surface area (Å²) in [4.78, 5) is 12.4. The fraction of sp³-hybridized carbons (Fsp3) is 0.692. The first-order valence-electron chi connectivity index (χ1n) is 6.30. The van der Waals surface area contributed by atoms with Crippen molar-refractivity contribution in [3.8, 4) is 0 Å². The Kier molecular flexibility index (Phi) is 3.78. The lowest BCUT2D eigenvalue weighted by Gasteiger charge is -2.40. The van der Waals surface area contributed by atoms with E-state index in [1.54, 1.807) is 11.8 Å². The van der Waals surface area contributed by atoms with Gasteiger partial charge in [-0.05, 0) is 33.1 Å². The van der Waals surface area contributed by atoms with Gasteiger partial charge >= 0.3 is 0 Å². The smallest absolute Gasteiger partial charge is 0.185 e. The summed E-state index contributed by atoms with van der Waals surface area (Å²) in [5, 5.41) is 4.59. The maximum Gasteiger partial charge on any atom is 0.185 e. The minimum Gasteiger partial charge on any atom is -0.378 e. The summed E-state index contributed by atoms with van der Waals surface area (Å²) in [6.45, 7) is 3.96. The van der Waals surface area contributed by atoms with Gasteiger partial charge in [-0.1, -0.05) is 11.6 Å². The highest BCUT2D eigenvalue weighted by molar-refractivity contribution is 6.33. The van der Waals surface area contributed by atoms with Crippen LogP contribution in [0.4, 0.5) is 0 Å². The third-order valence-corrected chi connectivity index (χ3v) is 3.96. The summed E-state index contributed by atoms with van der Waals surface area (Å²) >= 11 is 6.07. The lowest BCUT2D eigenvalue weighted by atomic mass is 9.76. The summed E-state index contributed by atoms with van der Waals surface area (Å²) in [5.74, 6) is 0.0211. The van der Waals surface area contributed by atoms with Crippen LogP contribution >= 0.6 is 11.6 Å². The van der Waals surface area contributed by atoms with Crippen molar-refractivity contribution in [2.75, 3.05) is 7.11 Å². The van der Waals surface area contributed by atoms with Gasteiger partial charge in [0.15, 0.2) is 5.78 Å². The van der Waals surface area contributed by atoms with E-state index in [1.807, 2.05) is 13.8 Å². The lowest BCUT2D eigenvalue weighted by Crippen LogP contribution is -2.41. The van der Waals surface area contributed by atoms with Gasteiger partial charge in [0, 0.05) is 19.6 Å². The molecule has 1 aromatic rings. The van der Waals surface area contributed by atoms with Crippen LogP contribution in [0.2, 0.25) is 5.02 Å². The van der Waals surface area contributed by atoms with Crippen molar-refractivity contribution in [3.63, 3.8) is 0 Å².